The van der Waals surface area contributed by atoms with Crippen LogP contribution in [0.4, 0.5) is 17.3 Å². The van der Waals surface area contributed by atoms with Crippen LogP contribution in [0.1, 0.15) is 19.2 Å². The second-order valence-corrected chi connectivity index (χ2v) is 5.09. The molecule has 0 aliphatic rings. The molecule has 0 saturated carbocycles. The van der Waals surface area contributed by atoms with E-state index in [0.29, 0.717) is 21.6 Å². The van der Waals surface area contributed by atoms with E-state index >= 15 is 0 Å². The lowest BCUT2D eigenvalue weighted by Gasteiger charge is -2.12. The average molecular weight is 311 g/mol. The van der Waals surface area contributed by atoms with E-state index in [1.54, 1.807) is 18.2 Å². The van der Waals surface area contributed by atoms with E-state index in [2.05, 4.69) is 27.5 Å². The molecule has 2 rings (SSSR count). The highest BCUT2D eigenvalue weighted by molar-refractivity contribution is 6.39. The van der Waals surface area contributed by atoms with E-state index in [0.717, 1.165) is 24.5 Å². The maximum atomic E-state index is 6.15. The summed E-state index contributed by atoms with van der Waals surface area (Å²) >= 11 is 12.3. The number of nitrogens with one attached hydrogen (secondary N) is 2. The highest BCUT2D eigenvalue weighted by Gasteiger charge is 2.08. The van der Waals surface area contributed by atoms with Crippen LogP contribution < -0.4 is 10.6 Å². The van der Waals surface area contributed by atoms with Gasteiger partial charge in [0.25, 0.3) is 0 Å². The molecule has 4 nitrogen and oxygen atoms in total. The predicted molar refractivity (Wildman–Crippen MR) is 85.3 cm³/mol. The summed E-state index contributed by atoms with van der Waals surface area (Å²) < 4.78 is 0. The monoisotopic (exact) mass is 310 g/mol. The van der Waals surface area contributed by atoms with Crippen LogP contribution in [-0.2, 0) is 6.42 Å². The molecule has 2 aromatic rings. The van der Waals surface area contributed by atoms with Crippen LogP contribution >= 0.6 is 23.2 Å². The quantitative estimate of drug-likeness (QED) is 0.852. The standard InChI is InChI=1S/C14H16Cl2N4/c1-3-5-11-18-12(17-2)8-13(19-11)20-14-9(15)6-4-7-10(14)16/h4,6-8H,3,5H2,1-2H3,(H2,17,18,19,20). The Kier molecular flexibility index (Phi) is 5.04. The van der Waals surface area contributed by atoms with Gasteiger partial charge in [0.05, 0.1) is 15.7 Å². The maximum Gasteiger partial charge on any atom is 0.136 e. The van der Waals surface area contributed by atoms with Crippen LogP contribution in [0.5, 0.6) is 0 Å². The van der Waals surface area contributed by atoms with Gasteiger partial charge in [-0.15, -0.1) is 0 Å². The van der Waals surface area contributed by atoms with Gasteiger partial charge in [0, 0.05) is 19.5 Å². The Hall–Kier alpha value is -1.52. The van der Waals surface area contributed by atoms with Gasteiger partial charge in [-0.1, -0.05) is 36.2 Å². The fourth-order valence-corrected chi connectivity index (χ4v) is 2.26. The Labute approximate surface area is 128 Å². The van der Waals surface area contributed by atoms with Crippen molar-refractivity contribution >= 4 is 40.5 Å². The zero-order valence-electron chi connectivity index (χ0n) is 11.4. The largest absolute Gasteiger partial charge is 0.373 e. The summed E-state index contributed by atoms with van der Waals surface area (Å²) in [5.41, 5.74) is 0.652. The number of nitrogens with zero attached hydrogens (tertiary/aromatic N) is 2. The predicted octanol–water partition coefficient (Wildman–Crippen LogP) is 4.52. The van der Waals surface area contributed by atoms with Gasteiger partial charge < -0.3 is 10.6 Å². The third-order valence-corrected chi connectivity index (χ3v) is 3.35. The van der Waals surface area contributed by atoms with Gasteiger partial charge in [0.2, 0.25) is 0 Å². The summed E-state index contributed by atoms with van der Waals surface area (Å²) in [5, 5.41) is 7.29. The average Bonchev–Trinajstić information content (AvgIpc) is 2.43. The number of aryl methyl sites for hydroxylation is 1. The number of benzene rings is 1. The third-order valence-electron chi connectivity index (χ3n) is 2.72. The minimum Gasteiger partial charge on any atom is -0.373 e. The second kappa shape index (κ2) is 6.77. The van der Waals surface area contributed by atoms with E-state index in [1.807, 2.05) is 13.1 Å². The van der Waals surface area contributed by atoms with Crippen molar-refractivity contribution in [1.82, 2.24) is 9.97 Å². The molecule has 0 saturated heterocycles. The van der Waals surface area contributed by atoms with E-state index in [1.165, 1.54) is 0 Å². The first-order valence-electron chi connectivity index (χ1n) is 6.40. The Bertz CT molecular complexity index is 581. The molecule has 0 aliphatic carbocycles. The molecule has 0 fully saturated rings. The Morgan fingerprint density at radius 2 is 1.75 bits per heavy atom. The number of rotatable bonds is 5. The number of hydrogen-bond acceptors (Lipinski definition) is 4. The van der Waals surface area contributed by atoms with Crippen molar-refractivity contribution < 1.29 is 0 Å². The molecule has 0 unspecified atom stereocenters. The molecule has 0 bridgehead atoms. The summed E-state index contributed by atoms with van der Waals surface area (Å²) in [4.78, 5) is 8.87. The Morgan fingerprint density at radius 3 is 2.35 bits per heavy atom. The summed E-state index contributed by atoms with van der Waals surface area (Å²) in [5.74, 6) is 2.21. The lowest BCUT2D eigenvalue weighted by molar-refractivity contribution is 0.838. The van der Waals surface area contributed by atoms with Crippen molar-refractivity contribution in [2.24, 2.45) is 0 Å². The third kappa shape index (κ3) is 3.52. The first-order valence-corrected chi connectivity index (χ1v) is 7.16. The van der Waals surface area contributed by atoms with Crippen molar-refractivity contribution in [3.63, 3.8) is 0 Å². The van der Waals surface area contributed by atoms with Crippen LogP contribution in [0.15, 0.2) is 24.3 Å². The molecular weight excluding hydrogens is 295 g/mol. The van der Waals surface area contributed by atoms with E-state index < -0.39 is 0 Å². The zero-order chi connectivity index (χ0) is 14.5. The minimum absolute atomic E-state index is 0.555. The lowest BCUT2D eigenvalue weighted by atomic mass is 10.3. The molecule has 1 heterocycles. The van der Waals surface area contributed by atoms with Crippen LogP contribution in [0.3, 0.4) is 0 Å². The van der Waals surface area contributed by atoms with Gasteiger partial charge in [-0.2, -0.15) is 0 Å². The van der Waals surface area contributed by atoms with Gasteiger partial charge in [-0.05, 0) is 18.6 Å². The second-order valence-electron chi connectivity index (χ2n) is 4.28. The number of halogens is 2. The van der Waals surface area contributed by atoms with E-state index in [4.69, 9.17) is 23.2 Å². The summed E-state index contributed by atoms with van der Waals surface area (Å²) in [7, 11) is 1.82. The molecule has 1 aromatic heterocycles. The fourth-order valence-electron chi connectivity index (χ4n) is 1.77. The molecule has 20 heavy (non-hydrogen) atoms. The van der Waals surface area contributed by atoms with Crippen LogP contribution in [-0.4, -0.2) is 17.0 Å². The molecule has 0 spiro atoms. The molecule has 1 aromatic carbocycles. The molecule has 0 aliphatic heterocycles. The number of hydrogen-bond donors (Lipinski definition) is 2. The molecule has 2 N–H and O–H groups in total. The number of para-hydroxylation sites is 1. The molecule has 0 atom stereocenters. The first-order chi connectivity index (χ1) is 9.63. The van der Waals surface area contributed by atoms with E-state index in [9.17, 15) is 0 Å². The van der Waals surface area contributed by atoms with Crippen LogP contribution in [0.2, 0.25) is 10.0 Å². The van der Waals surface area contributed by atoms with Crippen molar-refractivity contribution in [2.75, 3.05) is 17.7 Å². The van der Waals surface area contributed by atoms with Gasteiger partial charge in [0.15, 0.2) is 0 Å². The molecule has 106 valence electrons. The smallest absolute Gasteiger partial charge is 0.136 e. The molecule has 0 amide bonds. The van der Waals surface area contributed by atoms with Gasteiger partial charge in [-0.25, -0.2) is 9.97 Å². The fraction of sp³-hybridized carbons (Fsp3) is 0.286. The summed E-state index contributed by atoms with van der Waals surface area (Å²) in [6.45, 7) is 2.09. The van der Waals surface area contributed by atoms with Crippen molar-refractivity contribution in [3.8, 4) is 0 Å². The molecule has 0 radical (unpaired) electrons. The van der Waals surface area contributed by atoms with E-state index in [-0.39, 0.29) is 0 Å². The molecule has 6 heteroatoms. The van der Waals surface area contributed by atoms with Crippen LogP contribution in [0.25, 0.3) is 0 Å². The van der Waals surface area contributed by atoms with Gasteiger partial charge >= 0.3 is 0 Å². The Balaban J connectivity index is 2.35. The minimum atomic E-state index is 0.555. The van der Waals surface area contributed by atoms with Crippen molar-refractivity contribution in [1.29, 1.82) is 0 Å². The van der Waals surface area contributed by atoms with Crippen molar-refractivity contribution in [3.05, 3.63) is 40.1 Å². The first kappa shape index (κ1) is 14.9. The summed E-state index contributed by atoms with van der Waals surface area (Å²) in [6.07, 6.45) is 1.81. The van der Waals surface area contributed by atoms with Gasteiger partial charge in [0.1, 0.15) is 17.5 Å². The van der Waals surface area contributed by atoms with Crippen molar-refractivity contribution in [2.45, 2.75) is 19.8 Å². The Morgan fingerprint density at radius 1 is 1.10 bits per heavy atom. The normalized spacial score (nSPS) is 10.4. The lowest BCUT2D eigenvalue weighted by Crippen LogP contribution is -2.04. The van der Waals surface area contributed by atoms with Gasteiger partial charge in [-0.3, -0.25) is 0 Å². The number of anilines is 3. The van der Waals surface area contributed by atoms with Crippen LogP contribution in [0, 0.1) is 0 Å². The molecular formula is C14H16Cl2N4. The summed E-state index contributed by atoms with van der Waals surface area (Å²) in [6, 6.07) is 7.18. The SMILES string of the molecule is CCCc1nc(NC)cc(Nc2c(Cl)cccc2Cl)n1. The highest BCUT2D eigenvalue weighted by atomic mass is 35.5. The maximum absolute atomic E-state index is 6.15. The number of aromatic nitrogens is 2. The topological polar surface area (TPSA) is 49.8 Å². The highest BCUT2D eigenvalue weighted by Crippen LogP contribution is 2.32. The zero-order valence-corrected chi connectivity index (χ0v) is 12.9.